The van der Waals surface area contributed by atoms with E-state index in [9.17, 15) is 4.79 Å². The molecule has 2 aliphatic rings. The van der Waals surface area contributed by atoms with E-state index in [0.29, 0.717) is 11.5 Å². The van der Waals surface area contributed by atoms with Crippen LogP contribution in [0, 0.1) is 0 Å². The summed E-state index contributed by atoms with van der Waals surface area (Å²) in [5.74, 6) is -0.172. The number of benzene rings is 1. The van der Waals surface area contributed by atoms with Crippen molar-refractivity contribution in [1.29, 1.82) is 0 Å². The highest BCUT2D eigenvalue weighted by molar-refractivity contribution is 8.17. The van der Waals surface area contributed by atoms with Crippen molar-refractivity contribution < 1.29 is 9.53 Å². The van der Waals surface area contributed by atoms with Gasteiger partial charge in [0.05, 0.1) is 6.54 Å². The first-order chi connectivity index (χ1) is 11.3. The van der Waals surface area contributed by atoms with Gasteiger partial charge in [0.2, 0.25) is 0 Å². The van der Waals surface area contributed by atoms with Gasteiger partial charge in [-0.2, -0.15) is 0 Å². The number of nitrogens with zero attached hydrogens (tertiary/aromatic N) is 2. The van der Waals surface area contributed by atoms with Gasteiger partial charge in [-0.15, -0.1) is 11.3 Å². The molecule has 0 aliphatic carbocycles. The normalized spacial score (nSPS) is 16.9. The van der Waals surface area contributed by atoms with Crippen LogP contribution >= 0.6 is 23.1 Å². The van der Waals surface area contributed by atoms with Gasteiger partial charge in [0.25, 0.3) is 0 Å². The highest BCUT2D eigenvalue weighted by atomic mass is 32.2. The lowest BCUT2D eigenvalue weighted by molar-refractivity contribution is -0.138. The Morgan fingerprint density at radius 2 is 2.26 bits per heavy atom. The molecule has 2 aliphatic heterocycles. The topological polar surface area (TPSA) is 41.9 Å². The van der Waals surface area contributed by atoms with E-state index in [0.717, 1.165) is 35.9 Å². The van der Waals surface area contributed by atoms with E-state index in [1.54, 1.807) is 11.3 Å². The number of carbonyl (C=O) groups is 1. The molecule has 0 fully saturated rings. The number of thioether (sulfide) groups is 1. The molecule has 0 bridgehead atoms. The van der Waals surface area contributed by atoms with Crippen LogP contribution < -0.4 is 0 Å². The van der Waals surface area contributed by atoms with Gasteiger partial charge in [-0.05, 0) is 24.2 Å². The van der Waals surface area contributed by atoms with Gasteiger partial charge < -0.3 is 9.64 Å². The number of thiophene rings is 1. The molecule has 6 heteroatoms. The molecular formula is C17H16N2O2S2. The van der Waals surface area contributed by atoms with Crippen LogP contribution in [-0.2, 0) is 9.53 Å². The van der Waals surface area contributed by atoms with Crippen LogP contribution in [0.3, 0.4) is 0 Å². The molecule has 1 aromatic heterocycles. The van der Waals surface area contributed by atoms with Gasteiger partial charge in [0.1, 0.15) is 5.70 Å². The Hall–Kier alpha value is -1.79. The highest BCUT2D eigenvalue weighted by Gasteiger charge is 2.36. The summed E-state index contributed by atoms with van der Waals surface area (Å²) in [5, 5.41) is 4.96. The summed E-state index contributed by atoms with van der Waals surface area (Å²) in [4.78, 5) is 18.7. The minimum atomic E-state index is -0.172. The van der Waals surface area contributed by atoms with Crippen molar-refractivity contribution in [1.82, 2.24) is 4.90 Å². The number of hydrogen-bond acceptors (Lipinski definition) is 6. The number of aliphatic imine (C=N–C) groups is 1. The van der Waals surface area contributed by atoms with Gasteiger partial charge in [-0.3, -0.25) is 9.79 Å². The fraction of sp³-hybridized carbons (Fsp3) is 0.294. The smallest absolute Gasteiger partial charge is 0.311 e. The summed E-state index contributed by atoms with van der Waals surface area (Å²) in [6.45, 7) is 3.62. The zero-order valence-electron chi connectivity index (χ0n) is 12.7. The number of amidine groups is 1. The molecule has 0 atom stereocenters. The molecule has 1 aromatic carbocycles. The van der Waals surface area contributed by atoms with Crippen molar-refractivity contribution in [2.24, 2.45) is 4.99 Å². The summed E-state index contributed by atoms with van der Waals surface area (Å²) in [6, 6.07) is 8.33. The molecule has 0 saturated heterocycles. The highest BCUT2D eigenvalue weighted by Crippen LogP contribution is 2.45. The minimum Gasteiger partial charge on any atom is -0.417 e. The zero-order valence-corrected chi connectivity index (χ0v) is 14.4. The number of fused-ring (bicyclic) bond motifs is 2. The van der Waals surface area contributed by atoms with E-state index in [1.807, 2.05) is 19.1 Å². The number of rotatable bonds is 4. The van der Waals surface area contributed by atoms with Crippen LogP contribution in [-0.4, -0.2) is 29.1 Å². The second kappa shape index (κ2) is 6.02. The summed E-state index contributed by atoms with van der Waals surface area (Å²) in [6.07, 6.45) is 1.23. The van der Waals surface area contributed by atoms with Crippen molar-refractivity contribution in [3.63, 3.8) is 0 Å². The lowest BCUT2D eigenvalue weighted by atomic mass is 10.1. The first-order valence-corrected chi connectivity index (χ1v) is 9.39. The Labute approximate surface area is 142 Å². The van der Waals surface area contributed by atoms with E-state index in [1.165, 1.54) is 21.8 Å². The van der Waals surface area contributed by atoms with Crippen LogP contribution in [0.4, 0.5) is 0 Å². The van der Waals surface area contributed by atoms with E-state index in [2.05, 4.69) is 27.4 Å². The fourth-order valence-corrected chi connectivity index (χ4v) is 4.82. The maximum absolute atomic E-state index is 12.0. The van der Waals surface area contributed by atoms with E-state index in [-0.39, 0.29) is 5.97 Å². The van der Waals surface area contributed by atoms with Crippen LogP contribution in [0.1, 0.15) is 25.3 Å². The monoisotopic (exact) mass is 344 g/mol. The van der Waals surface area contributed by atoms with Crippen molar-refractivity contribution in [2.75, 3.05) is 13.1 Å². The Morgan fingerprint density at radius 3 is 3.13 bits per heavy atom. The average Bonchev–Trinajstić information content (AvgIpc) is 3.21. The maximum atomic E-state index is 12.0. The van der Waals surface area contributed by atoms with Gasteiger partial charge in [-0.25, -0.2) is 0 Å². The van der Waals surface area contributed by atoms with Gasteiger partial charge >= 0.3 is 5.97 Å². The molecular weight excluding hydrogens is 328 g/mol. The fourth-order valence-electron chi connectivity index (χ4n) is 2.81. The number of carbonyl (C=O) groups excluding carboxylic acids is 1. The number of ether oxygens (including phenoxy) is 1. The first-order valence-electron chi connectivity index (χ1n) is 7.69. The third-order valence-electron chi connectivity index (χ3n) is 3.85. The molecule has 0 saturated carbocycles. The van der Waals surface area contributed by atoms with Crippen molar-refractivity contribution >= 4 is 50.0 Å². The Balaban J connectivity index is 1.80. The van der Waals surface area contributed by atoms with E-state index < -0.39 is 0 Å². The SMILES string of the molecule is CCCC(=O)OC1=C(c2csc3ccccc23)N2CCN=C2S1. The Bertz CT molecular complexity index is 838. The summed E-state index contributed by atoms with van der Waals surface area (Å²) < 4.78 is 6.90. The Morgan fingerprint density at radius 1 is 1.39 bits per heavy atom. The van der Waals surface area contributed by atoms with Crippen molar-refractivity contribution in [3.8, 4) is 0 Å². The third kappa shape index (κ3) is 2.56. The molecule has 0 amide bonds. The van der Waals surface area contributed by atoms with E-state index >= 15 is 0 Å². The number of esters is 1. The van der Waals surface area contributed by atoms with Gasteiger partial charge in [0, 0.05) is 34.0 Å². The maximum Gasteiger partial charge on any atom is 0.311 e. The quantitative estimate of drug-likeness (QED) is 0.776. The molecule has 3 heterocycles. The van der Waals surface area contributed by atoms with Crippen molar-refractivity contribution in [3.05, 3.63) is 40.3 Å². The van der Waals surface area contributed by atoms with Crippen LogP contribution in [0.25, 0.3) is 15.8 Å². The summed E-state index contributed by atoms with van der Waals surface area (Å²) in [5.41, 5.74) is 2.12. The summed E-state index contributed by atoms with van der Waals surface area (Å²) in [7, 11) is 0. The second-order valence-corrected chi connectivity index (χ2v) is 7.27. The first kappa shape index (κ1) is 14.8. The molecule has 0 unspecified atom stereocenters. The average molecular weight is 344 g/mol. The standard InChI is InChI=1S/C17H16N2O2S2/c1-2-5-14(20)21-16-15(19-9-8-18-17(19)23-16)12-10-22-13-7-4-3-6-11(12)13/h3-4,6-7,10H,2,5,8-9H2,1H3. The van der Waals surface area contributed by atoms with Gasteiger partial charge in [-0.1, -0.05) is 25.1 Å². The van der Waals surface area contributed by atoms with Crippen LogP contribution in [0.5, 0.6) is 0 Å². The molecule has 23 heavy (non-hydrogen) atoms. The molecule has 0 radical (unpaired) electrons. The molecule has 0 N–H and O–H groups in total. The largest absolute Gasteiger partial charge is 0.417 e. The lowest BCUT2D eigenvalue weighted by Crippen LogP contribution is -2.20. The second-order valence-electron chi connectivity index (χ2n) is 5.42. The van der Waals surface area contributed by atoms with Gasteiger partial charge in [0.15, 0.2) is 10.3 Å². The van der Waals surface area contributed by atoms with Crippen molar-refractivity contribution in [2.45, 2.75) is 19.8 Å². The molecule has 118 valence electrons. The number of hydrogen-bond donors (Lipinski definition) is 0. The van der Waals surface area contributed by atoms with Crippen LogP contribution in [0.2, 0.25) is 0 Å². The predicted octanol–water partition coefficient (Wildman–Crippen LogP) is 4.29. The predicted molar refractivity (Wildman–Crippen MR) is 96.3 cm³/mol. The Kier molecular flexibility index (Phi) is 3.87. The van der Waals surface area contributed by atoms with E-state index in [4.69, 9.17) is 4.74 Å². The minimum absolute atomic E-state index is 0.172. The molecule has 4 nitrogen and oxygen atoms in total. The summed E-state index contributed by atoms with van der Waals surface area (Å²) >= 11 is 3.18. The molecule has 4 rings (SSSR count). The lowest BCUT2D eigenvalue weighted by Gasteiger charge is -2.16. The van der Waals surface area contributed by atoms with Crippen LogP contribution in [0.15, 0.2) is 39.7 Å². The molecule has 2 aromatic rings. The zero-order chi connectivity index (χ0) is 15.8. The molecule has 0 spiro atoms. The third-order valence-corrected chi connectivity index (χ3v) is 5.80.